The Morgan fingerprint density at radius 1 is 1.35 bits per heavy atom. The van der Waals surface area contributed by atoms with E-state index in [0.29, 0.717) is 12.6 Å². The minimum atomic E-state index is 0.0521. The lowest BCUT2D eigenvalue weighted by atomic mass is 10.0. The Bertz CT molecular complexity index is 590. The van der Waals surface area contributed by atoms with Gasteiger partial charge in [-0.1, -0.05) is 27.7 Å². The quantitative estimate of drug-likeness (QED) is 0.667. The summed E-state index contributed by atoms with van der Waals surface area (Å²) in [5.74, 6) is 0.978. The molecular weight excluding hydrogens is 290 g/mol. The van der Waals surface area contributed by atoms with Crippen LogP contribution >= 0.6 is 0 Å². The third-order valence-corrected chi connectivity index (χ3v) is 5.97. The first-order valence-corrected chi connectivity index (χ1v) is 8.36. The van der Waals surface area contributed by atoms with E-state index in [2.05, 4.69) is 48.0 Å². The van der Waals surface area contributed by atoms with Gasteiger partial charge in [0.1, 0.15) is 6.10 Å². The fourth-order valence-corrected chi connectivity index (χ4v) is 3.63. The van der Waals surface area contributed by atoms with Crippen LogP contribution in [0.15, 0.2) is 17.4 Å². The van der Waals surface area contributed by atoms with Gasteiger partial charge in [0.15, 0.2) is 5.96 Å². The number of aliphatic imine (C=N–C) groups is 1. The van der Waals surface area contributed by atoms with Crippen molar-refractivity contribution in [1.29, 1.82) is 0 Å². The van der Waals surface area contributed by atoms with E-state index in [4.69, 9.17) is 4.74 Å². The summed E-state index contributed by atoms with van der Waals surface area (Å²) in [5.41, 5.74) is 1.70. The number of ether oxygens (including phenoxy) is 1. The fourth-order valence-electron chi connectivity index (χ4n) is 3.63. The summed E-state index contributed by atoms with van der Waals surface area (Å²) in [6.07, 6.45) is 3.96. The van der Waals surface area contributed by atoms with Gasteiger partial charge < -0.3 is 15.0 Å². The summed E-state index contributed by atoms with van der Waals surface area (Å²) in [6, 6.07) is 0.452. The van der Waals surface area contributed by atoms with Gasteiger partial charge in [-0.2, -0.15) is 5.10 Å². The van der Waals surface area contributed by atoms with Crippen LogP contribution in [0, 0.1) is 10.8 Å². The molecule has 1 aliphatic heterocycles. The molecule has 1 aromatic rings. The Hall–Kier alpha value is -1.56. The van der Waals surface area contributed by atoms with Gasteiger partial charge in [0, 0.05) is 38.4 Å². The van der Waals surface area contributed by atoms with Gasteiger partial charge in [-0.25, -0.2) is 0 Å². The van der Waals surface area contributed by atoms with Gasteiger partial charge in [-0.05, 0) is 10.8 Å². The molecule has 1 atom stereocenters. The predicted molar refractivity (Wildman–Crippen MR) is 91.3 cm³/mol. The molecule has 1 N–H and O–H groups in total. The number of nitrogens with one attached hydrogen (secondary N) is 1. The van der Waals surface area contributed by atoms with Crippen molar-refractivity contribution >= 4 is 5.96 Å². The Balaban J connectivity index is 1.68. The Labute approximate surface area is 138 Å². The number of rotatable bonds is 2. The lowest BCUT2D eigenvalue weighted by molar-refractivity contribution is -0.00813. The highest BCUT2D eigenvalue weighted by molar-refractivity contribution is 5.81. The number of guanidine groups is 1. The van der Waals surface area contributed by atoms with Crippen molar-refractivity contribution in [1.82, 2.24) is 20.0 Å². The van der Waals surface area contributed by atoms with Crippen molar-refractivity contribution in [3.05, 3.63) is 18.0 Å². The number of aryl methyl sites for hydroxylation is 1. The molecule has 128 valence electrons. The molecule has 0 bridgehead atoms. The smallest absolute Gasteiger partial charge is 0.194 e. The maximum absolute atomic E-state index is 5.93. The van der Waals surface area contributed by atoms with E-state index < -0.39 is 0 Å². The highest BCUT2D eigenvalue weighted by Gasteiger charge is 2.65. The number of aromatic nitrogens is 2. The zero-order valence-electron chi connectivity index (χ0n) is 15.1. The standard InChI is InChI=1S/C17H29N5O/c1-16(2)14(17(16,3)4)20-15(18-5)22-7-8-23-13(11-22)12-9-19-21(6)10-12/h9-10,13-14H,7-8,11H2,1-6H3,(H,18,20). The lowest BCUT2D eigenvalue weighted by Gasteiger charge is -2.35. The molecule has 0 spiro atoms. The molecule has 1 unspecified atom stereocenters. The van der Waals surface area contributed by atoms with Crippen LogP contribution in [0.1, 0.15) is 39.4 Å². The van der Waals surface area contributed by atoms with E-state index in [1.807, 2.05) is 31.2 Å². The monoisotopic (exact) mass is 319 g/mol. The van der Waals surface area contributed by atoms with Crippen LogP contribution < -0.4 is 5.32 Å². The summed E-state index contributed by atoms with van der Waals surface area (Å²) in [4.78, 5) is 6.81. The Kier molecular flexibility index (Phi) is 3.91. The van der Waals surface area contributed by atoms with Gasteiger partial charge >= 0.3 is 0 Å². The molecule has 1 saturated carbocycles. The Morgan fingerprint density at radius 3 is 2.57 bits per heavy atom. The molecule has 0 amide bonds. The van der Waals surface area contributed by atoms with Crippen molar-refractivity contribution in [3.63, 3.8) is 0 Å². The minimum Gasteiger partial charge on any atom is -0.370 e. The molecule has 2 heterocycles. The van der Waals surface area contributed by atoms with E-state index in [1.165, 1.54) is 0 Å². The lowest BCUT2D eigenvalue weighted by Crippen LogP contribution is -2.49. The molecule has 1 aliphatic carbocycles. The number of nitrogens with zero attached hydrogens (tertiary/aromatic N) is 4. The second kappa shape index (κ2) is 5.51. The molecule has 1 saturated heterocycles. The van der Waals surface area contributed by atoms with E-state index in [9.17, 15) is 0 Å². The third kappa shape index (κ3) is 2.73. The van der Waals surface area contributed by atoms with Crippen LogP contribution in [0.2, 0.25) is 0 Å². The first-order valence-electron chi connectivity index (χ1n) is 8.36. The molecule has 2 fully saturated rings. The third-order valence-electron chi connectivity index (χ3n) is 5.97. The summed E-state index contributed by atoms with van der Waals surface area (Å²) in [7, 11) is 3.79. The maximum atomic E-state index is 5.93. The summed E-state index contributed by atoms with van der Waals surface area (Å²) in [5, 5.41) is 7.92. The molecule has 1 aromatic heterocycles. The molecule has 23 heavy (non-hydrogen) atoms. The van der Waals surface area contributed by atoms with E-state index in [1.54, 1.807) is 0 Å². The second-order valence-corrected chi connectivity index (χ2v) is 7.82. The number of hydrogen-bond donors (Lipinski definition) is 1. The number of morpholine rings is 1. The normalized spacial score (nSPS) is 27.1. The Morgan fingerprint density at radius 2 is 2.04 bits per heavy atom. The van der Waals surface area contributed by atoms with Crippen LogP contribution in [0.4, 0.5) is 0 Å². The van der Waals surface area contributed by atoms with E-state index >= 15 is 0 Å². The largest absolute Gasteiger partial charge is 0.370 e. The highest BCUT2D eigenvalue weighted by Crippen LogP contribution is 2.62. The minimum absolute atomic E-state index is 0.0521. The average molecular weight is 319 g/mol. The topological polar surface area (TPSA) is 54.7 Å². The van der Waals surface area contributed by atoms with Crippen LogP contribution in [0.5, 0.6) is 0 Å². The second-order valence-electron chi connectivity index (χ2n) is 7.82. The zero-order chi connectivity index (χ0) is 16.8. The van der Waals surface area contributed by atoms with Gasteiger partial charge in [0.05, 0.1) is 19.3 Å². The first-order chi connectivity index (χ1) is 10.8. The van der Waals surface area contributed by atoms with Gasteiger partial charge in [-0.3, -0.25) is 9.67 Å². The van der Waals surface area contributed by atoms with Gasteiger partial charge in [0.25, 0.3) is 0 Å². The molecule has 0 radical (unpaired) electrons. The molecule has 6 heteroatoms. The molecule has 6 nitrogen and oxygen atoms in total. The van der Waals surface area contributed by atoms with Crippen molar-refractivity contribution < 1.29 is 4.74 Å². The number of hydrogen-bond acceptors (Lipinski definition) is 3. The van der Waals surface area contributed by atoms with Crippen LogP contribution in [0.3, 0.4) is 0 Å². The van der Waals surface area contributed by atoms with Crippen molar-refractivity contribution in [2.24, 2.45) is 22.9 Å². The molecule has 0 aromatic carbocycles. The van der Waals surface area contributed by atoms with E-state index in [-0.39, 0.29) is 16.9 Å². The van der Waals surface area contributed by atoms with Crippen molar-refractivity contribution in [2.75, 3.05) is 26.7 Å². The van der Waals surface area contributed by atoms with Crippen LogP contribution in [0.25, 0.3) is 0 Å². The van der Waals surface area contributed by atoms with E-state index in [0.717, 1.165) is 24.6 Å². The average Bonchev–Trinajstić information content (AvgIpc) is 2.84. The molecular formula is C17H29N5O. The highest BCUT2D eigenvalue weighted by atomic mass is 16.5. The maximum Gasteiger partial charge on any atom is 0.194 e. The first kappa shape index (κ1) is 16.3. The zero-order valence-corrected chi connectivity index (χ0v) is 15.1. The molecule has 3 rings (SSSR count). The van der Waals surface area contributed by atoms with Crippen LogP contribution in [-0.4, -0.2) is 53.4 Å². The summed E-state index contributed by atoms with van der Waals surface area (Å²) >= 11 is 0. The van der Waals surface area contributed by atoms with Crippen LogP contribution in [-0.2, 0) is 11.8 Å². The fraction of sp³-hybridized carbons (Fsp3) is 0.765. The van der Waals surface area contributed by atoms with Crippen molar-refractivity contribution in [3.8, 4) is 0 Å². The van der Waals surface area contributed by atoms with Gasteiger partial charge in [-0.15, -0.1) is 0 Å². The predicted octanol–water partition coefficient (Wildman–Crippen LogP) is 1.80. The summed E-state index contributed by atoms with van der Waals surface area (Å²) in [6.45, 7) is 11.6. The molecule has 2 aliphatic rings. The SMILES string of the molecule is CN=C(NC1C(C)(C)C1(C)C)N1CCOC(c2cnn(C)c2)C1. The van der Waals surface area contributed by atoms with Gasteiger partial charge in [0.2, 0.25) is 0 Å². The summed E-state index contributed by atoms with van der Waals surface area (Å²) < 4.78 is 7.75. The van der Waals surface area contributed by atoms with Crippen molar-refractivity contribution in [2.45, 2.75) is 39.8 Å².